The highest BCUT2D eigenvalue weighted by atomic mass is 32.2. The van der Waals surface area contributed by atoms with Gasteiger partial charge in [0, 0.05) is 11.3 Å². The number of hydrogen-bond donors (Lipinski definition) is 2. The van der Waals surface area contributed by atoms with Gasteiger partial charge >= 0.3 is 0 Å². The number of hydrogen-bond acceptors (Lipinski definition) is 6. The Morgan fingerprint density at radius 3 is 2.55 bits per heavy atom. The number of fused-ring (bicyclic) bond motifs is 1. The fraction of sp³-hybridized carbons (Fsp3) is 0.250. The van der Waals surface area contributed by atoms with E-state index in [4.69, 9.17) is 14.2 Å². The highest BCUT2D eigenvalue weighted by molar-refractivity contribution is 7.92. The van der Waals surface area contributed by atoms with E-state index >= 15 is 0 Å². The molecule has 0 fully saturated rings. The minimum absolute atomic E-state index is 0.129. The van der Waals surface area contributed by atoms with Crippen molar-refractivity contribution < 1.29 is 22.6 Å². The first kappa shape index (κ1) is 19.1. The Kier molecular flexibility index (Phi) is 4.83. The molecule has 2 aromatic carbocycles. The maximum absolute atomic E-state index is 12.9. The minimum atomic E-state index is -3.84. The second-order valence-electron chi connectivity index (χ2n) is 6.67. The van der Waals surface area contributed by atoms with E-state index in [1.165, 1.54) is 6.07 Å². The normalized spacial score (nSPS) is 13.2. The van der Waals surface area contributed by atoms with Gasteiger partial charge in [-0.25, -0.2) is 8.42 Å². The van der Waals surface area contributed by atoms with Crippen molar-refractivity contribution in [2.24, 2.45) is 0 Å². The average Bonchev–Trinajstić information content (AvgIpc) is 3.06. The molecule has 1 aliphatic rings. The number of H-pyrrole nitrogens is 1. The Morgan fingerprint density at radius 2 is 1.83 bits per heavy atom. The summed E-state index contributed by atoms with van der Waals surface area (Å²) in [5, 5.41) is 7.01. The van der Waals surface area contributed by atoms with Crippen LogP contribution in [-0.2, 0) is 10.0 Å². The first-order chi connectivity index (χ1) is 13.9. The van der Waals surface area contributed by atoms with Crippen LogP contribution < -0.4 is 18.9 Å². The van der Waals surface area contributed by atoms with Gasteiger partial charge in [0.05, 0.1) is 12.0 Å². The van der Waals surface area contributed by atoms with Crippen LogP contribution in [0.1, 0.15) is 11.3 Å². The molecule has 0 unspecified atom stereocenters. The molecular formula is C20H21N3O5S. The molecule has 3 aromatic rings. The number of ether oxygens (including phenoxy) is 3. The number of rotatable bonds is 5. The molecule has 0 aliphatic carbocycles. The van der Waals surface area contributed by atoms with Gasteiger partial charge in [0.1, 0.15) is 19.0 Å². The summed E-state index contributed by atoms with van der Waals surface area (Å²) >= 11 is 0. The summed E-state index contributed by atoms with van der Waals surface area (Å²) in [5.74, 6) is 2.12. The Bertz CT molecular complexity index is 1170. The van der Waals surface area contributed by atoms with Crippen LogP contribution in [0.5, 0.6) is 17.2 Å². The first-order valence-electron chi connectivity index (χ1n) is 9.01. The highest BCUT2D eigenvalue weighted by Gasteiger charge is 2.22. The van der Waals surface area contributed by atoms with E-state index in [9.17, 15) is 8.42 Å². The van der Waals surface area contributed by atoms with E-state index in [1.807, 2.05) is 19.1 Å². The molecule has 0 saturated heterocycles. The lowest BCUT2D eigenvalue weighted by Gasteiger charge is -2.19. The molecule has 152 valence electrons. The highest BCUT2D eigenvalue weighted by Crippen LogP contribution is 2.38. The lowest BCUT2D eigenvalue weighted by atomic mass is 10.1. The van der Waals surface area contributed by atoms with Crippen LogP contribution in [0.4, 0.5) is 5.82 Å². The third kappa shape index (κ3) is 3.61. The van der Waals surface area contributed by atoms with Gasteiger partial charge < -0.3 is 14.2 Å². The monoisotopic (exact) mass is 415 g/mol. The zero-order chi connectivity index (χ0) is 20.6. The summed E-state index contributed by atoms with van der Waals surface area (Å²) in [7, 11) is -2.30. The molecule has 0 radical (unpaired) electrons. The predicted octanol–water partition coefficient (Wildman–Crippen LogP) is 3.27. The molecule has 1 aliphatic heterocycles. The van der Waals surface area contributed by atoms with Gasteiger partial charge in [-0.05, 0) is 55.3 Å². The van der Waals surface area contributed by atoms with E-state index in [2.05, 4.69) is 14.9 Å². The van der Waals surface area contributed by atoms with Crippen molar-refractivity contribution in [3.8, 4) is 28.4 Å². The Balaban J connectivity index is 1.70. The van der Waals surface area contributed by atoms with Crippen molar-refractivity contribution in [1.29, 1.82) is 0 Å². The van der Waals surface area contributed by atoms with E-state index < -0.39 is 10.0 Å². The number of sulfonamides is 1. The van der Waals surface area contributed by atoms with E-state index in [0.29, 0.717) is 36.0 Å². The molecule has 2 N–H and O–H groups in total. The van der Waals surface area contributed by atoms with Crippen molar-refractivity contribution in [3.05, 3.63) is 47.7 Å². The van der Waals surface area contributed by atoms with Gasteiger partial charge in [-0.15, -0.1) is 0 Å². The van der Waals surface area contributed by atoms with Gasteiger partial charge in [-0.2, -0.15) is 5.10 Å². The quantitative estimate of drug-likeness (QED) is 0.663. The van der Waals surface area contributed by atoms with Gasteiger partial charge in [-0.3, -0.25) is 9.82 Å². The summed E-state index contributed by atoms with van der Waals surface area (Å²) in [4.78, 5) is 0.129. The number of aryl methyl sites for hydroxylation is 2. The zero-order valence-corrected chi connectivity index (χ0v) is 17.1. The summed E-state index contributed by atoms with van der Waals surface area (Å²) in [6.45, 7) is 4.59. The standard InChI is InChI=1S/C20H21N3O5S/c1-12-10-15(5-7-16(12)26-3)29(24,25)23-20-19(13(2)21-22-20)14-4-6-17-18(11-14)28-9-8-27-17/h4-7,10-11H,8-9H2,1-3H3,(H2,21,22,23). The summed E-state index contributed by atoms with van der Waals surface area (Å²) in [6.07, 6.45) is 0. The summed E-state index contributed by atoms with van der Waals surface area (Å²) in [5.41, 5.74) is 2.87. The van der Waals surface area contributed by atoms with E-state index in [0.717, 1.165) is 16.8 Å². The third-order valence-corrected chi connectivity index (χ3v) is 6.02. The Hall–Kier alpha value is -3.20. The molecule has 0 atom stereocenters. The number of methoxy groups -OCH3 is 1. The van der Waals surface area contributed by atoms with Crippen LogP contribution >= 0.6 is 0 Å². The van der Waals surface area contributed by atoms with Crippen molar-refractivity contribution in [2.45, 2.75) is 18.7 Å². The van der Waals surface area contributed by atoms with Gasteiger partial charge in [-0.1, -0.05) is 6.07 Å². The zero-order valence-electron chi connectivity index (χ0n) is 16.3. The van der Waals surface area contributed by atoms with E-state index in [1.54, 1.807) is 32.2 Å². The maximum Gasteiger partial charge on any atom is 0.263 e. The molecule has 29 heavy (non-hydrogen) atoms. The lowest BCUT2D eigenvalue weighted by molar-refractivity contribution is 0.171. The molecule has 1 aromatic heterocycles. The fourth-order valence-corrected chi connectivity index (χ4v) is 4.36. The topological polar surface area (TPSA) is 103 Å². The molecule has 8 nitrogen and oxygen atoms in total. The van der Waals surface area contributed by atoms with Crippen LogP contribution in [0.15, 0.2) is 41.3 Å². The van der Waals surface area contributed by atoms with Crippen LogP contribution in [0.2, 0.25) is 0 Å². The third-order valence-electron chi connectivity index (χ3n) is 4.69. The van der Waals surface area contributed by atoms with Crippen molar-refractivity contribution >= 4 is 15.8 Å². The second kappa shape index (κ2) is 7.32. The smallest absolute Gasteiger partial charge is 0.263 e. The lowest BCUT2D eigenvalue weighted by Crippen LogP contribution is -2.15. The summed E-state index contributed by atoms with van der Waals surface area (Å²) in [6, 6.07) is 10.2. The number of nitrogens with zero attached hydrogens (tertiary/aromatic N) is 1. The largest absolute Gasteiger partial charge is 0.496 e. The second-order valence-corrected chi connectivity index (χ2v) is 8.35. The number of benzene rings is 2. The van der Waals surface area contributed by atoms with Gasteiger partial charge in [0.25, 0.3) is 10.0 Å². The van der Waals surface area contributed by atoms with E-state index in [-0.39, 0.29) is 10.7 Å². The fourth-order valence-electron chi connectivity index (χ4n) is 3.26. The molecule has 0 amide bonds. The van der Waals surface area contributed by atoms with Crippen LogP contribution in [0.25, 0.3) is 11.1 Å². The Morgan fingerprint density at radius 1 is 1.07 bits per heavy atom. The van der Waals surface area contributed by atoms with Crippen molar-refractivity contribution in [2.75, 3.05) is 25.0 Å². The number of nitrogens with one attached hydrogen (secondary N) is 2. The molecule has 4 rings (SSSR count). The molecule has 0 bridgehead atoms. The van der Waals surface area contributed by atoms with Crippen LogP contribution in [0.3, 0.4) is 0 Å². The van der Waals surface area contributed by atoms with Gasteiger partial charge in [0.2, 0.25) is 0 Å². The molecular weight excluding hydrogens is 394 g/mol. The molecule has 9 heteroatoms. The first-order valence-corrected chi connectivity index (χ1v) is 10.5. The molecule has 0 saturated carbocycles. The van der Waals surface area contributed by atoms with Crippen molar-refractivity contribution in [3.63, 3.8) is 0 Å². The number of aromatic nitrogens is 2. The average molecular weight is 415 g/mol. The SMILES string of the molecule is COc1ccc(S(=O)(=O)Nc2n[nH]c(C)c2-c2ccc3c(c2)OCCO3)cc1C. The summed E-state index contributed by atoms with van der Waals surface area (Å²) < 4.78 is 44.8. The van der Waals surface area contributed by atoms with Gasteiger partial charge in [0.15, 0.2) is 17.3 Å². The van der Waals surface area contributed by atoms with Crippen LogP contribution in [-0.4, -0.2) is 38.9 Å². The molecule has 0 spiro atoms. The van der Waals surface area contributed by atoms with Crippen LogP contribution in [0, 0.1) is 13.8 Å². The maximum atomic E-state index is 12.9. The number of aromatic amines is 1. The molecule has 2 heterocycles. The Labute approximate surface area is 168 Å². The van der Waals surface area contributed by atoms with Crippen molar-refractivity contribution in [1.82, 2.24) is 10.2 Å². The number of anilines is 1. The predicted molar refractivity (Wildman–Crippen MR) is 108 cm³/mol. The minimum Gasteiger partial charge on any atom is -0.496 e.